The maximum atomic E-state index is 12.7. The number of urea groups is 1. The molecule has 24 heavy (non-hydrogen) atoms. The summed E-state index contributed by atoms with van der Waals surface area (Å²) < 4.78 is 5.37. The van der Waals surface area contributed by atoms with Crippen molar-refractivity contribution in [1.82, 2.24) is 9.80 Å². The molecule has 3 aliphatic rings. The molecule has 0 aromatic carbocycles. The van der Waals surface area contributed by atoms with Gasteiger partial charge in [-0.1, -0.05) is 6.08 Å². The van der Waals surface area contributed by atoms with Crippen LogP contribution >= 0.6 is 0 Å². The number of amidine groups is 1. The van der Waals surface area contributed by atoms with Crippen LogP contribution in [0.25, 0.3) is 0 Å². The molecular weight excluding hydrogens is 322 g/mol. The predicted octanol–water partition coefficient (Wildman–Crippen LogP) is -3.03. The van der Waals surface area contributed by atoms with Crippen molar-refractivity contribution in [1.29, 1.82) is 0 Å². The number of rotatable bonds is 4. The van der Waals surface area contributed by atoms with Crippen molar-refractivity contribution >= 4 is 23.7 Å². The Bertz CT molecular complexity index is 649. The van der Waals surface area contributed by atoms with E-state index in [1.165, 1.54) is 6.08 Å². The number of hydrogen-bond donors (Lipinski definition) is 4. The number of fused-ring (bicyclic) bond motifs is 1. The van der Waals surface area contributed by atoms with Crippen molar-refractivity contribution in [2.75, 3.05) is 13.2 Å². The lowest BCUT2D eigenvalue weighted by molar-refractivity contribution is -0.119. The number of aliphatic imine (C=N–C) groups is 2. The van der Waals surface area contributed by atoms with Gasteiger partial charge >= 0.3 is 6.03 Å². The summed E-state index contributed by atoms with van der Waals surface area (Å²) in [6.45, 7) is 3.02. The van der Waals surface area contributed by atoms with Crippen molar-refractivity contribution in [2.45, 2.75) is 30.6 Å². The van der Waals surface area contributed by atoms with Crippen LogP contribution in [-0.4, -0.2) is 92.6 Å². The Morgan fingerprint density at radius 3 is 2.58 bits per heavy atom. The van der Waals surface area contributed by atoms with Crippen LogP contribution in [0.3, 0.4) is 0 Å². The average Bonchev–Trinajstić information content (AvgIpc) is 2.96. The van der Waals surface area contributed by atoms with Crippen molar-refractivity contribution in [2.24, 2.45) is 15.7 Å². The first-order chi connectivity index (χ1) is 11.4. The van der Waals surface area contributed by atoms with Crippen LogP contribution in [0.4, 0.5) is 4.79 Å². The van der Waals surface area contributed by atoms with Gasteiger partial charge in [-0.05, 0) is 0 Å². The molecule has 0 aliphatic carbocycles. The first-order valence-electron chi connectivity index (χ1n) is 7.20. The summed E-state index contributed by atoms with van der Waals surface area (Å²) in [5.74, 6) is -1.05. The molecule has 3 rings (SSSR count). The normalized spacial score (nSPS) is 35.9. The third kappa shape index (κ3) is 2.29. The van der Waals surface area contributed by atoms with Crippen molar-refractivity contribution in [3.63, 3.8) is 0 Å². The summed E-state index contributed by atoms with van der Waals surface area (Å²) in [6.07, 6.45) is -3.86. The molecule has 0 spiro atoms. The van der Waals surface area contributed by atoms with Crippen LogP contribution in [0.5, 0.6) is 0 Å². The fraction of sp³-hybridized carbons (Fsp3) is 0.538. The fourth-order valence-corrected chi connectivity index (χ4v) is 2.95. The second kappa shape index (κ2) is 5.94. The number of nitrogens with zero attached hydrogens (tertiary/aromatic N) is 4. The summed E-state index contributed by atoms with van der Waals surface area (Å²) in [4.78, 5) is 34.4. The lowest BCUT2D eigenvalue weighted by Crippen LogP contribution is -2.49. The molecule has 5 atom stereocenters. The first kappa shape index (κ1) is 16.5. The largest absolute Gasteiger partial charge is 0.394 e. The second-order valence-electron chi connectivity index (χ2n) is 5.50. The molecule has 130 valence electrons. The third-order valence-corrected chi connectivity index (χ3v) is 4.04. The number of aliphatic hydroxyl groups is 3. The Labute approximate surface area is 136 Å². The van der Waals surface area contributed by atoms with Gasteiger partial charge < -0.3 is 30.7 Å². The van der Waals surface area contributed by atoms with Gasteiger partial charge in [-0.25, -0.2) is 9.69 Å². The molecule has 0 bridgehead atoms. The average molecular weight is 339 g/mol. The van der Waals surface area contributed by atoms with E-state index in [1.807, 2.05) is 0 Å². The van der Waals surface area contributed by atoms with Crippen LogP contribution in [0.2, 0.25) is 0 Å². The molecule has 5 unspecified atom stereocenters. The number of carbonyl (C=O) groups excluding carboxylic acids is 2. The number of ether oxygens (including phenoxy) is 1. The number of nitrogens with two attached hydrogens (primary N) is 1. The van der Waals surface area contributed by atoms with Gasteiger partial charge in [0.2, 0.25) is 5.96 Å². The molecular formula is C13H17N5O6. The topological polar surface area (TPSA) is 161 Å². The minimum atomic E-state index is -1.49. The van der Waals surface area contributed by atoms with Gasteiger partial charge in [0.1, 0.15) is 18.3 Å². The summed E-state index contributed by atoms with van der Waals surface area (Å²) in [5, 5.41) is 29.2. The standard InChI is InChI=1S/C13H17N5O6/c1-2-3-17-6-9(15-12(14)16-10(6)22)18(13(17)23)11-8(21)7(20)5(4-19)24-11/h2,5-8,11,19-21H,1,3-4H2,(H2,14,16,22). The minimum Gasteiger partial charge on any atom is -0.394 e. The number of aliphatic hydroxyl groups excluding tert-OH is 3. The molecule has 2 fully saturated rings. The quantitative estimate of drug-likeness (QED) is 0.396. The van der Waals surface area contributed by atoms with Crippen LogP contribution in [0.15, 0.2) is 22.6 Å². The Kier molecular flexibility index (Phi) is 4.09. The molecule has 0 aromatic heterocycles. The highest BCUT2D eigenvalue weighted by Gasteiger charge is 2.56. The van der Waals surface area contributed by atoms with Gasteiger partial charge in [0.25, 0.3) is 5.91 Å². The van der Waals surface area contributed by atoms with E-state index in [4.69, 9.17) is 10.5 Å². The van der Waals surface area contributed by atoms with E-state index in [9.17, 15) is 24.9 Å². The summed E-state index contributed by atoms with van der Waals surface area (Å²) in [7, 11) is 0. The highest BCUT2D eigenvalue weighted by Crippen LogP contribution is 2.31. The molecule has 2 saturated heterocycles. The van der Waals surface area contributed by atoms with E-state index in [0.717, 1.165) is 9.80 Å². The molecule has 0 radical (unpaired) electrons. The zero-order chi connectivity index (χ0) is 17.6. The molecule has 0 saturated carbocycles. The number of amides is 3. The molecule has 3 heterocycles. The Morgan fingerprint density at radius 1 is 1.29 bits per heavy atom. The van der Waals surface area contributed by atoms with Gasteiger partial charge in [-0.3, -0.25) is 4.79 Å². The van der Waals surface area contributed by atoms with Crippen molar-refractivity contribution in [3.05, 3.63) is 12.7 Å². The van der Waals surface area contributed by atoms with Crippen molar-refractivity contribution < 1.29 is 29.6 Å². The van der Waals surface area contributed by atoms with Crippen LogP contribution in [0, 0.1) is 0 Å². The second-order valence-corrected chi connectivity index (χ2v) is 5.50. The summed E-state index contributed by atoms with van der Waals surface area (Å²) in [5.41, 5.74) is 5.49. The van der Waals surface area contributed by atoms with E-state index < -0.39 is 49.1 Å². The zero-order valence-corrected chi connectivity index (χ0v) is 12.5. The molecule has 3 aliphatic heterocycles. The van der Waals surface area contributed by atoms with Crippen molar-refractivity contribution in [3.8, 4) is 0 Å². The van der Waals surface area contributed by atoms with E-state index in [1.54, 1.807) is 0 Å². The number of guanidine groups is 1. The number of carbonyl (C=O) groups is 2. The Hall–Kier alpha value is -2.34. The van der Waals surface area contributed by atoms with Gasteiger partial charge in [-0.2, -0.15) is 9.98 Å². The monoisotopic (exact) mass is 339 g/mol. The summed E-state index contributed by atoms with van der Waals surface area (Å²) >= 11 is 0. The van der Waals surface area contributed by atoms with E-state index in [-0.39, 0.29) is 18.3 Å². The Balaban J connectivity index is 2.00. The lowest BCUT2D eigenvalue weighted by atomic mass is 10.1. The Morgan fingerprint density at radius 2 is 2.00 bits per heavy atom. The zero-order valence-electron chi connectivity index (χ0n) is 12.5. The lowest BCUT2D eigenvalue weighted by Gasteiger charge is -2.26. The highest BCUT2D eigenvalue weighted by molar-refractivity contribution is 6.24. The summed E-state index contributed by atoms with van der Waals surface area (Å²) in [6, 6.07) is -1.78. The van der Waals surface area contributed by atoms with Gasteiger partial charge in [0, 0.05) is 6.54 Å². The van der Waals surface area contributed by atoms with E-state index in [2.05, 4.69) is 16.6 Å². The highest BCUT2D eigenvalue weighted by atomic mass is 16.6. The van der Waals surface area contributed by atoms with Gasteiger partial charge in [-0.15, -0.1) is 6.58 Å². The van der Waals surface area contributed by atoms with E-state index >= 15 is 0 Å². The van der Waals surface area contributed by atoms with E-state index in [0.29, 0.717) is 0 Å². The van der Waals surface area contributed by atoms with Crippen LogP contribution in [-0.2, 0) is 9.53 Å². The number of hydrogen-bond acceptors (Lipinski definition) is 8. The third-order valence-electron chi connectivity index (χ3n) is 4.04. The molecule has 3 amide bonds. The van der Waals surface area contributed by atoms with Gasteiger partial charge in [0.15, 0.2) is 18.1 Å². The SMILES string of the molecule is C=CCN1C(=O)N(C2OC(CO)C(O)C2O)C2=NC(N)=NC(=O)C21. The molecule has 5 N–H and O–H groups in total. The van der Waals surface area contributed by atoms with Crippen LogP contribution < -0.4 is 5.73 Å². The van der Waals surface area contributed by atoms with Gasteiger partial charge in [0.05, 0.1) is 6.61 Å². The maximum Gasteiger partial charge on any atom is 0.329 e. The first-order valence-corrected chi connectivity index (χ1v) is 7.20. The predicted molar refractivity (Wildman–Crippen MR) is 79.8 cm³/mol. The minimum absolute atomic E-state index is 0.0367. The fourth-order valence-electron chi connectivity index (χ4n) is 2.95. The van der Waals surface area contributed by atoms with Crippen LogP contribution in [0.1, 0.15) is 0 Å². The smallest absolute Gasteiger partial charge is 0.329 e. The maximum absolute atomic E-state index is 12.7. The molecule has 0 aromatic rings. The molecule has 11 nitrogen and oxygen atoms in total. The molecule has 11 heteroatoms.